The Bertz CT molecular complexity index is 1060. The van der Waals surface area contributed by atoms with Crippen LogP contribution in [0.5, 0.6) is 0 Å². The van der Waals surface area contributed by atoms with Crippen LogP contribution in [0.3, 0.4) is 0 Å². The van der Waals surface area contributed by atoms with Crippen LogP contribution in [0.1, 0.15) is 6.42 Å². The molecule has 0 aliphatic carbocycles. The standard InChI is InChI=1S/C17H19F17N2O5S/c1-36(2,8-9(37)38)5-7-41-6-3-4-35-42(39,40)17(33,34)15(28,29)13(24,25)11(20,21)10(18,19)12(22,23)14(26,27)16(30,31)32/h35H,3-8H2,1-2H3. The van der Waals surface area contributed by atoms with Gasteiger partial charge in [-0.3, -0.25) is 0 Å². The third kappa shape index (κ3) is 6.92. The van der Waals surface area contributed by atoms with E-state index in [2.05, 4.69) is 0 Å². The largest absolute Gasteiger partial charge is 0.544 e. The fraction of sp³-hybridized carbons (Fsp3) is 0.941. The number of carbonyl (C=O) groups is 1. The van der Waals surface area contributed by atoms with Crippen LogP contribution in [-0.4, -0.2) is 113 Å². The second kappa shape index (κ2) is 11.9. The molecule has 0 saturated heterocycles. The summed E-state index contributed by atoms with van der Waals surface area (Å²) in [5.74, 6) is -53.4. The van der Waals surface area contributed by atoms with Gasteiger partial charge in [0.05, 0.1) is 26.7 Å². The van der Waals surface area contributed by atoms with Crippen molar-refractivity contribution < 1.29 is 102 Å². The quantitative estimate of drug-likeness (QED) is 0.144. The highest BCUT2D eigenvalue weighted by atomic mass is 32.2. The first-order chi connectivity index (χ1) is 18.1. The zero-order valence-corrected chi connectivity index (χ0v) is 21.4. The number of sulfonamides is 1. The number of alkyl halides is 17. The molecule has 0 rings (SSSR count). The van der Waals surface area contributed by atoms with E-state index in [0.717, 1.165) is 0 Å². The molecular weight excluding hydrogens is 667 g/mol. The number of carbonyl (C=O) groups excluding carboxylic acids is 1. The van der Waals surface area contributed by atoms with E-state index in [1.807, 2.05) is 0 Å². The highest BCUT2D eigenvalue weighted by Crippen LogP contribution is 2.64. The number of hydrogen-bond donors (Lipinski definition) is 1. The van der Waals surface area contributed by atoms with Gasteiger partial charge in [0.15, 0.2) is 0 Å². The van der Waals surface area contributed by atoms with Crippen molar-refractivity contribution in [3.63, 3.8) is 0 Å². The molecule has 0 aliphatic rings. The molecule has 0 saturated carbocycles. The van der Waals surface area contributed by atoms with Crippen LogP contribution in [0.2, 0.25) is 0 Å². The molecule has 0 aromatic heterocycles. The average Bonchev–Trinajstić information content (AvgIpc) is 2.75. The van der Waals surface area contributed by atoms with Gasteiger partial charge >= 0.3 is 47.0 Å². The van der Waals surface area contributed by atoms with Gasteiger partial charge in [-0.05, 0) is 6.42 Å². The van der Waals surface area contributed by atoms with E-state index in [1.165, 1.54) is 14.1 Å². The molecule has 252 valence electrons. The lowest BCUT2D eigenvalue weighted by atomic mass is 9.91. The first kappa shape index (κ1) is 40.1. The SMILES string of the molecule is C[N+](C)(CCOCCCNS(=O)(=O)C(F)(F)C(F)(F)C(F)(F)C(F)(F)C(F)(F)C(F)(F)C(F)(F)C(F)(F)F)CC(=O)[O-]. The maximum Gasteiger partial charge on any atom is 0.460 e. The van der Waals surface area contributed by atoms with Crippen molar-refractivity contribution in [3.05, 3.63) is 0 Å². The number of nitrogens with zero attached hydrogens (tertiary/aromatic N) is 1. The molecule has 0 radical (unpaired) electrons. The lowest BCUT2D eigenvalue weighted by molar-refractivity contribution is -0.885. The van der Waals surface area contributed by atoms with Crippen molar-refractivity contribution in [1.82, 2.24) is 4.72 Å². The van der Waals surface area contributed by atoms with E-state index in [9.17, 15) is 93.0 Å². The lowest BCUT2D eigenvalue weighted by Gasteiger charge is -2.42. The van der Waals surface area contributed by atoms with Crippen LogP contribution in [0.25, 0.3) is 0 Å². The van der Waals surface area contributed by atoms with Crippen LogP contribution in [-0.2, 0) is 19.6 Å². The van der Waals surface area contributed by atoms with Gasteiger partial charge in [-0.15, -0.1) is 0 Å². The third-order valence-electron chi connectivity index (χ3n) is 5.19. The summed E-state index contributed by atoms with van der Waals surface area (Å²) in [5, 5.41) is 2.92. The average molecular weight is 686 g/mol. The fourth-order valence-electron chi connectivity index (χ4n) is 2.63. The van der Waals surface area contributed by atoms with Gasteiger partial charge in [0.25, 0.3) is 10.0 Å². The van der Waals surface area contributed by atoms with Crippen LogP contribution in [0.15, 0.2) is 0 Å². The van der Waals surface area contributed by atoms with Crippen molar-refractivity contribution in [2.24, 2.45) is 0 Å². The fourth-order valence-corrected chi connectivity index (χ4v) is 3.69. The Hall–Kier alpha value is -1.89. The van der Waals surface area contributed by atoms with E-state index in [-0.39, 0.29) is 17.6 Å². The summed E-state index contributed by atoms with van der Waals surface area (Å²) in [5.41, 5.74) is 0. The maximum atomic E-state index is 13.9. The second-order valence-corrected chi connectivity index (χ2v) is 10.8. The topological polar surface area (TPSA) is 95.5 Å². The van der Waals surface area contributed by atoms with Gasteiger partial charge < -0.3 is 19.1 Å². The minimum absolute atomic E-state index is 0.0636. The van der Waals surface area contributed by atoms with E-state index >= 15 is 0 Å². The molecule has 0 aromatic rings. The van der Waals surface area contributed by atoms with Crippen molar-refractivity contribution in [1.29, 1.82) is 0 Å². The molecule has 0 heterocycles. The van der Waals surface area contributed by atoms with Gasteiger partial charge in [-0.25, -0.2) is 13.1 Å². The highest BCUT2D eigenvalue weighted by Gasteiger charge is 2.96. The number of nitrogens with one attached hydrogen (secondary N) is 1. The molecule has 0 unspecified atom stereocenters. The van der Waals surface area contributed by atoms with Crippen molar-refractivity contribution in [2.75, 3.05) is 46.9 Å². The van der Waals surface area contributed by atoms with Crippen LogP contribution >= 0.6 is 0 Å². The van der Waals surface area contributed by atoms with Crippen molar-refractivity contribution in [2.45, 2.75) is 53.4 Å². The summed E-state index contributed by atoms with van der Waals surface area (Å²) < 4.78 is 253. The molecule has 7 nitrogen and oxygen atoms in total. The number of carboxylic acid groups (broad SMARTS) is 1. The van der Waals surface area contributed by atoms with Gasteiger partial charge in [-0.2, -0.15) is 74.6 Å². The molecule has 0 aromatic carbocycles. The predicted octanol–water partition coefficient (Wildman–Crippen LogP) is 3.11. The van der Waals surface area contributed by atoms with E-state index in [0.29, 0.717) is 4.72 Å². The van der Waals surface area contributed by atoms with E-state index < -0.39 is 89.1 Å². The van der Waals surface area contributed by atoms with Gasteiger partial charge in [-0.1, -0.05) is 0 Å². The lowest BCUT2D eigenvalue weighted by Crippen LogP contribution is -2.75. The number of hydrogen-bond acceptors (Lipinski definition) is 5. The monoisotopic (exact) mass is 686 g/mol. The summed E-state index contributed by atoms with van der Waals surface area (Å²) in [6, 6.07) is 0. The zero-order chi connectivity index (χ0) is 34.2. The molecule has 0 fully saturated rings. The number of carboxylic acids is 1. The van der Waals surface area contributed by atoms with E-state index in [1.54, 1.807) is 0 Å². The normalized spacial score (nSPS) is 15.7. The Morgan fingerprint density at radius 1 is 0.690 bits per heavy atom. The highest BCUT2D eigenvalue weighted by molar-refractivity contribution is 7.90. The molecule has 42 heavy (non-hydrogen) atoms. The van der Waals surface area contributed by atoms with Crippen molar-refractivity contribution >= 4 is 16.0 Å². The third-order valence-corrected chi connectivity index (χ3v) is 6.70. The first-order valence-corrected chi connectivity index (χ1v) is 11.9. The summed E-state index contributed by atoms with van der Waals surface area (Å²) in [7, 11) is -4.62. The van der Waals surface area contributed by atoms with Gasteiger partial charge in [0.1, 0.15) is 13.1 Å². The Kier molecular flexibility index (Phi) is 11.4. The molecular formula is C17H19F17N2O5S. The molecule has 0 atom stereocenters. The van der Waals surface area contributed by atoms with Crippen LogP contribution < -0.4 is 9.83 Å². The Labute approximate surface area is 224 Å². The minimum atomic E-state index is -8.89. The molecule has 0 amide bonds. The maximum absolute atomic E-state index is 13.9. The second-order valence-electron chi connectivity index (χ2n) is 9.01. The summed E-state index contributed by atoms with van der Waals surface area (Å²) >= 11 is 0. The molecule has 1 N–H and O–H groups in total. The van der Waals surface area contributed by atoms with Crippen molar-refractivity contribution in [3.8, 4) is 0 Å². The molecule has 0 spiro atoms. The number of likely N-dealkylation sites (N-methyl/N-ethyl adjacent to an activating group) is 1. The Balaban J connectivity index is 5.90. The zero-order valence-electron chi connectivity index (χ0n) is 20.6. The Morgan fingerprint density at radius 2 is 1.07 bits per heavy atom. The Morgan fingerprint density at radius 3 is 1.45 bits per heavy atom. The molecule has 25 heteroatoms. The summed E-state index contributed by atoms with van der Waals surface area (Å²) in [6.07, 6.45) is -8.70. The minimum Gasteiger partial charge on any atom is -0.544 e. The van der Waals surface area contributed by atoms with Crippen LogP contribution in [0.4, 0.5) is 74.6 Å². The van der Waals surface area contributed by atoms with Gasteiger partial charge in [0, 0.05) is 13.2 Å². The predicted molar refractivity (Wildman–Crippen MR) is 99.9 cm³/mol. The number of quaternary nitrogens is 1. The number of aliphatic carboxylic acids is 1. The van der Waals surface area contributed by atoms with Gasteiger partial charge in [0.2, 0.25) is 0 Å². The number of ether oxygens (including phenoxy) is 1. The first-order valence-electron chi connectivity index (χ1n) is 10.4. The number of halogens is 17. The molecule has 0 bridgehead atoms. The summed E-state index contributed by atoms with van der Waals surface area (Å²) in [6.45, 7) is -3.01. The van der Waals surface area contributed by atoms with E-state index in [4.69, 9.17) is 4.74 Å². The van der Waals surface area contributed by atoms with Crippen LogP contribution in [0, 0.1) is 0 Å². The molecule has 0 aliphatic heterocycles. The number of rotatable bonds is 17. The smallest absolute Gasteiger partial charge is 0.460 e. The summed E-state index contributed by atoms with van der Waals surface area (Å²) in [4.78, 5) is 10.5.